The third-order valence-corrected chi connectivity index (χ3v) is 2.24. The molecule has 0 aliphatic carbocycles. The summed E-state index contributed by atoms with van der Waals surface area (Å²) in [7, 11) is 0. The molecule has 16 heavy (non-hydrogen) atoms. The Morgan fingerprint density at radius 3 is 2.94 bits per heavy atom. The highest BCUT2D eigenvalue weighted by Crippen LogP contribution is 2.17. The Balaban J connectivity index is 2.24. The lowest BCUT2D eigenvalue weighted by Crippen LogP contribution is -2.17. The molecule has 2 aromatic rings. The first-order valence-electron chi connectivity index (χ1n) is 5.30. The highest BCUT2D eigenvalue weighted by atomic mass is 16.5. The predicted molar refractivity (Wildman–Crippen MR) is 61.8 cm³/mol. The minimum atomic E-state index is 0.0332. The van der Waals surface area contributed by atoms with Crippen molar-refractivity contribution in [2.45, 2.75) is 26.3 Å². The zero-order valence-electron chi connectivity index (χ0n) is 9.47. The van der Waals surface area contributed by atoms with Crippen molar-refractivity contribution in [2.75, 3.05) is 0 Å². The number of rotatable bonds is 3. The van der Waals surface area contributed by atoms with Gasteiger partial charge in [0.2, 0.25) is 11.7 Å². The van der Waals surface area contributed by atoms with Gasteiger partial charge in [0, 0.05) is 18.0 Å². The zero-order chi connectivity index (χ0) is 11.5. The fourth-order valence-corrected chi connectivity index (χ4v) is 1.51. The second kappa shape index (κ2) is 4.45. The minimum Gasteiger partial charge on any atom is -0.339 e. The molecule has 2 rings (SSSR count). The van der Waals surface area contributed by atoms with Crippen LogP contribution in [0.1, 0.15) is 18.4 Å². The maximum atomic E-state index is 5.67. The quantitative estimate of drug-likeness (QED) is 0.853. The van der Waals surface area contributed by atoms with Crippen molar-refractivity contribution in [1.29, 1.82) is 0 Å². The van der Waals surface area contributed by atoms with Crippen LogP contribution in [0.5, 0.6) is 0 Å². The third kappa shape index (κ3) is 2.46. The van der Waals surface area contributed by atoms with Crippen LogP contribution in [0.3, 0.4) is 0 Å². The van der Waals surface area contributed by atoms with Crippen molar-refractivity contribution in [3.8, 4) is 11.4 Å². The van der Waals surface area contributed by atoms with Crippen LogP contribution in [0.2, 0.25) is 0 Å². The van der Waals surface area contributed by atoms with Crippen LogP contribution >= 0.6 is 0 Å². The van der Waals surface area contributed by atoms with Gasteiger partial charge in [-0.1, -0.05) is 28.9 Å². The molecule has 0 aliphatic rings. The van der Waals surface area contributed by atoms with E-state index in [2.05, 4.69) is 10.1 Å². The molecule has 4 heteroatoms. The van der Waals surface area contributed by atoms with Crippen molar-refractivity contribution < 1.29 is 4.52 Å². The topological polar surface area (TPSA) is 64.9 Å². The Labute approximate surface area is 94.5 Å². The van der Waals surface area contributed by atoms with Crippen molar-refractivity contribution in [1.82, 2.24) is 10.1 Å². The number of benzene rings is 1. The first-order valence-corrected chi connectivity index (χ1v) is 5.30. The molecule has 2 N–H and O–H groups in total. The van der Waals surface area contributed by atoms with Gasteiger partial charge in [-0.2, -0.15) is 4.98 Å². The normalized spacial score (nSPS) is 12.7. The molecule has 1 unspecified atom stereocenters. The van der Waals surface area contributed by atoms with Crippen LogP contribution < -0.4 is 5.73 Å². The summed E-state index contributed by atoms with van der Waals surface area (Å²) >= 11 is 0. The molecule has 1 aromatic heterocycles. The van der Waals surface area contributed by atoms with Crippen LogP contribution in [0.25, 0.3) is 11.4 Å². The summed E-state index contributed by atoms with van der Waals surface area (Å²) < 4.78 is 5.13. The highest BCUT2D eigenvalue weighted by molar-refractivity contribution is 5.55. The van der Waals surface area contributed by atoms with Crippen LogP contribution in [-0.2, 0) is 6.42 Å². The Morgan fingerprint density at radius 1 is 1.44 bits per heavy atom. The Morgan fingerprint density at radius 2 is 2.25 bits per heavy atom. The summed E-state index contributed by atoms with van der Waals surface area (Å²) in [6, 6.07) is 8.04. The summed E-state index contributed by atoms with van der Waals surface area (Å²) in [5.41, 5.74) is 7.82. The van der Waals surface area contributed by atoms with Crippen molar-refractivity contribution in [3.63, 3.8) is 0 Å². The number of hydrogen-bond donors (Lipinski definition) is 1. The van der Waals surface area contributed by atoms with Crippen molar-refractivity contribution in [3.05, 3.63) is 35.7 Å². The molecule has 0 fully saturated rings. The molecule has 84 valence electrons. The smallest absolute Gasteiger partial charge is 0.228 e. The van der Waals surface area contributed by atoms with E-state index in [4.69, 9.17) is 10.3 Å². The molecule has 0 aliphatic heterocycles. The zero-order valence-corrected chi connectivity index (χ0v) is 9.47. The largest absolute Gasteiger partial charge is 0.339 e. The van der Waals surface area contributed by atoms with Crippen molar-refractivity contribution in [2.24, 2.45) is 5.73 Å². The fraction of sp³-hybridized carbons (Fsp3) is 0.333. The second-order valence-electron chi connectivity index (χ2n) is 4.06. The lowest BCUT2D eigenvalue weighted by atomic mass is 10.1. The maximum Gasteiger partial charge on any atom is 0.228 e. The molecule has 1 atom stereocenters. The second-order valence-corrected chi connectivity index (χ2v) is 4.06. The number of nitrogens with zero attached hydrogens (tertiary/aromatic N) is 2. The summed E-state index contributed by atoms with van der Waals surface area (Å²) in [6.07, 6.45) is 0.610. The lowest BCUT2D eigenvalue weighted by molar-refractivity contribution is 0.372. The molecule has 0 radical (unpaired) electrons. The summed E-state index contributed by atoms with van der Waals surface area (Å²) in [5.74, 6) is 1.21. The standard InChI is InChI=1S/C12H15N3O/c1-8-4-3-5-10(6-8)12-14-11(16-15-12)7-9(2)13/h3-6,9H,7,13H2,1-2H3. The number of nitrogens with two attached hydrogens (primary N) is 1. The molecule has 0 amide bonds. The van der Waals surface area contributed by atoms with Crippen molar-refractivity contribution >= 4 is 0 Å². The van der Waals surface area contributed by atoms with Gasteiger partial charge in [-0.15, -0.1) is 0 Å². The summed E-state index contributed by atoms with van der Waals surface area (Å²) in [6.45, 7) is 3.95. The molecule has 0 bridgehead atoms. The van der Waals surface area contributed by atoms with Gasteiger partial charge in [-0.25, -0.2) is 0 Å². The lowest BCUT2D eigenvalue weighted by Gasteiger charge is -1.97. The number of hydrogen-bond acceptors (Lipinski definition) is 4. The first kappa shape index (κ1) is 10.8. The molecule has 0 spiro atoms. The molecular weight excluding hydrogens is 202 g/mol. The van der Waals surface area contributed by atoms with Gasteiger partial charge in [-0.05, 0) is 19.9 Å². The van der Waals surface area contributed by atoms with E-state index in [9.17, 15) is 0 Å². The highest BCUT2D eigenvalue weighted by Gasteiger charge is 2.09. The van der Waals surface area contributed by atoms with E-state index in [1.54, 1.807) is 0 Å². The minimum absolute atomic E-state index is 0.0332. The summed E-state index contributed by atoms with van der Waals surface area (Å²) in [5, 5.41) is 3.94. The molecule has 1 aromatic carbocycles. The third-order valence-electron chi connectivity index (χ3n) is 2.24. The van der Waals surface area contributed by atoms with Gasteiger partial charge in [0.05, 0.1) is 0 Å². The van der Waals surface area contributed by atoms with E-state index in [0.717, 1.165) is 5.56 Å². The van der Waals surface area contributed by atoms with Gasteiger partial charge in [0.25, 0.3) is 0 Å². The fourth-order valence-electron chi connectivity index (χ4n) is 1.51. The van der Waals surface area contributed by atoms with E-state index in [1.165, 1.54) is 5.56 Å². The van der Waals surface area contributed by atoms with Gasteiger partial charge in [0.1, 0.15) is 0 Å². The SMILES string of the molecule is Cc1cccc(-c2noc(CC(C)N)n2)c1. The summed E-state index contributed by atoms with van der Waals surface area (Å²) in [4.78, 5) is 4.30. The first-order chi connectivity index (χ1) is 7.65. The van der Waals surface area contributed by atoms with Gasteiger partial charge in [-0.3, -0.25) is 0 Å². The van der Waals surface area contributed by atoms with E-state index in [-0.39, 0.29) is 6.04 Å². The van der Waals surface area contributed by atoms with Gasteiger partial charge in [0.15, 0.2) is 0 Å². The van der Waals surface area contributed by atoms with E-state index >= 15 is 0 Å². The van der Waals surface area contributed by atoms with Crippen LogP contribution in [0.4, 0.5) is 0 Å². The molecule has 0 saturated carbocycles. The van der Waals surface area contributed by atoms with Crippen LogP contribution in [0, 0.1) is 6.92 Å². The Hall–Kier alpha value is -1.68. The Bertz CT molecular complexity index is 477. The maximum absolute atomic E-state index is 5.67. The average molecular weight is 217 g/mol. The molecule has 0 saturated heterocycles. The predicted octanol–water partition coefficient (Wildman–Crippen LogP) is 1.93. The van der Waals surface area contributed by atoms with E-state index < -0.39 is 0 Å². The van der Waals surface area contributed by atoms with E-state index in [0.29, 0.717) is 18.1 Å². The van der Waals surface area contributed by atoms with Crippen LogP contribution in [-0.4, -0.2) is 16.2 Å². The van der Waals surface area contributed by atoms with E-state index in [1.807, 2.05) is 38.1 Å². The average Bonchev–Trinajstić information content (AvgIpc) is 2.65. The van der Waals surface area contributed by atoms with Crippen LogP contribution in [0.15, 0.2) is 28.8 Å². The molecular formula is C12H15N3O. The van der Waals surface area contributed by atoms with Gasteiger partial charge < -0.3 is 10.3 Å². The van der Waals surface area contributed by atoms with Gasteiger partial charge >= 0.3 is 0 Å². The monoisotopic (exact) mass is 217 g/mol. The Kier molecular flexibility index (Phi) is 3.01. The number of aryl methyl sites for hydroxylation is 1. The molecule has 1 heterocycles. The number of aromatic nitrogens is 2. The molecule has 4 nitrogen and oxygen atoms in total.